The number of rotatable bonds is 4. The molecule has 0 radical (unpaired) electrons. The van der Waals surface area contributed by atoms with Crippen LogP contribution >= 0.6 is 24.0 Å². The lowest BCUT2D eigenvalue weighted by molar-refractivity contribution is 0.606. The molecular formula is C17H25IN6. The molecule has 0 unspecified atom stereocenters. The summed E-state index contributed by atoms with van der Waals surface area (Å²) >= 11 is 0. The number of hydrogen-bond donors (Lipinski definition) is 2. The van der Waals surface area contributed by atoms with Gasteiger partial charge in [0.2, 0.25) is 0 Å². The molecule has 0 spiro atoms. The van der Waals surface area contributed by atoms with Gasteiger partial charge in [0.1, 0.15) is 12.4 Å². The normalized spacial score (nSPS) is 14.5. The topological polar surface area (TPSA) is 81.1 Å². The second-order valence-corrected chi connectivity index (χ2v) is 5.88. The van der Waals surface area contributed by atoms with Crippen molar-refractivity contribution in [2.75, 3.05) is 5.32 Å². The SMILES string of the molecule is CCc1cccc(NC(N)=NCc2nnc3n2CCCCC3)c1.I. The van der Waals surface area contributed by atoms with Crippen molar-refractivity contribution in [3.63, 3.8) is 0 Å². The zero-order chi connectivity index (χ0) is 16.1. The van der Waals surface area contributed by atoms with E-state index in [1.165, 1.54) is 24.8 Å². The number of aliphatic imine (C=N–C) groups is 1. The maximum atomic E-state index is 6.00. The number of benzene rings is 1. The predicted octanol–water partition coefficient (Wildman–Crippen LogP) is 3.11. The molecule has 1 aliphatic heterocycles. The molecule has 0 aliphatic carbocycles. The molecule has 0 saturated heterocycles. The third kappa shape index (κ3) is 4.68. The predicted molar refractivity (Wildman–Crippen MR) is 108 cm³/mol. The van der Waals surface area contributed by atoms with E-state index < -0.39 is 0 Å². The molecule has 3 N–H and O–H groups in total. The van der Waals surface area contributed by atoms with E-state index in [0.717, 1.165) is 36.7 Å². The minimum absolute atomic E-state index is 0. The highest BCUT2D eigenvalue weighted by atomic mass is 127. The molecule has 7 heteroatoms. The number of nitrogens with one attached hydrogen (secondary N) is 1. The smallest absolute Gasteiger partial charge is 0.193 e. The minimum Gasteiger partial charge on any atom is -0.370 e. The van der Waals surface area contributed by atoms with Crippen molar-refractivity contribution >= 4 is 35.6 Å². The number of halogens is 1. The van der Waals surface area contributed by atoms with Gasteiger partial charge in [-0.3, -0.25) is 0 Å². The zero-order valence-electron chi connectivity index (χ0n) is 14.0. The van der Waals surface area contributed by atoms with Gasteiger partial charge >= 0.3 is 0 Å². The first-order chi connectivity index (χ1) is 11.3. The third-order valence-corrected chi connectivity index (χ3v) is 4.18. The van der Waals surface area contributed by atoms with Crippen molar-refractivity contribution in [2.45, 2.75) is 52.1 Å². The maximum absolute atomic E-state index is 6.00. The molecule has 24 heavy (non-hydrogen) atoms. The summed E-state index contributed by atoms with van der Waals surface area (Å²) in [5.41, 5.74) is 8.23. The van der Waals surface area contributed by atoms with Crippen molar-refractivity contribution < 1.29 is 0 Å². The van der Waals surface area contributed by atoms with Crippen molar-refractivity contribution in [3.05, 3.63) is 41.5 Å². The van der Waals surface area contributed by atoms with Gasteiger partial charge in [0.05, 0.1) is 0 Å². The van der Waals surface area contributed by atoms with E-state index in [-0.39, 0.29) is 24.0 Å². The van der Waals surface area contributed by atoms with Crippen LogP contribution in [0.1, 0.15) is 43.4 Å². The number of nitrogens with two attached hydrogens (primary N) is 1. The molecule has 0 amide bonds. The number of nitrogens with zero attached hydrogens (tertiary/aromatic N) is 4. The van der Waals surface area contributed by atoms with Crippen LogP contribution in [0.5, 0.6) is 0 Å². The Balaban J connectivity index is 0.00000208. The number of fused-ring (bicyclic) bond motifs is 1. The molecule has 2 heterocycles. The molecule has 0 atom stereocenters. The van der Waals surface area contributed by atoms with Crippen LogP contribution in [0.15, 0.2) is 29.3 Å². The maximum Gasteiger partial charge on any atom is 0.193 e. The highest BCUT2D eigenvalue weighted by molar-refractivity contribution is 14.0. The molecule has 6 nitrogen and oxygen atoms in total. The Bertz CT molecular complexity index is 694. The van der Waals surface area contributed by atoms with Gasteiger partial charge in [0.25, 0.3) is 0 Å². The molecule has 3 rings (SSSR count). The zero-order valence-corrected chi connectivity index (χ0v) is 16.4. The largest absolute Gasteiger partial charge is 0.370 e. The second-order valence-electron chi connectivity index (χ2n) is 5.88. The van der Waals surface area contributed by atoms with Crippen LogP contribution in [0, 0.1) is 0 Å². The van der Waals surface area contributed by atoms with E-state index >= 15 is 0 Å². The van der Waals surface area contributed by atoms with Crippen molar-refractivity contribution in [2.24, 2.45) is 10.7 Å². The molecule has 130 valence electrons. The summed E-state index contributed by atoms with van der Waals surface area (Å²) in [6.07, 6.45) is 5.63. The lowest BCUT2D eigenvalue weighted by atomic mass is 10.1. The van der Waals surface area contributed by atoms with Gasteiger partial charge in [0.15, 0.2) is 11.8 Å². The summed E-state index contributed by atoms with van der Waals surface area (Å²) in [4.78, 5) is 4.42. The van der Waals surface area contributed by atoms with E-state index in [0.29, 0.717) is 12.5 Å². The fourth-order valence-electron chi connectivity index (χ4n) is 2.87. The first kappa shape index (κ1) is 18.7. The quantitative estimate of drug-likeness (QED) is 0.435. The Kier molecular flexibility index (Phi) is 7.01. The Labute approximate surface area is 160 Å². The molecule has 1 aliphatic rings. The summed E-state index contributed by atoms with van der Waals surface area (Å²) in [5.74, 6) is 2.38. The minimum atomic E-state index is 0. The Morgan fingerprint density at radius 2 is 2.17 bits per heavy atom. The van der Waals surface area contributed by atoms with E-state index in [4.69, 9.17) is 5.73 Å². The first-order valence-corrected chi connectivity index (χ1v) is 8.33. The summed E-state index contributed by atoms with van der Waals surface area (Å²) < 4.78 is 2.20. The lowest BCUT2D eigenvalue weighted by Gasteiger charge is -2.08. The average Bonchev–Trinajstić information content (AvgIpc) is 2.79. The van der Waals surface area contributed by atoms with Gasteiger partial charge in [-0.15, -0.1) is 34.2 Å². The molecule has 0 saturated carbocycles. The molecule has 1 aromatic carbocycles. The van der Waals surface area contributed by atoms with E-state index in [9.17, 15) is 0 Å². The van der Waals surface area contributed by atoms with Crippen LogP contribution in [0.2, 0.25) is 0 Å². The molecule has 0 fully saturated rings. The fourth-order valence-corrected chi connectivity index (χ4v) is 2.87. The highest BCUT2D eigenvalue weighted by Gasteiger charge is 2.14. The third-order valence-electron chi connectivity index (χ3n) is 4.18. The number of aryl methyl sites for hydroxylation is 2. The van der Waals surface area contributed by atoms with Gasteiger partial charge in [-0.05, 0) is 37.0 Å². The molecule has 0 bridgehead atoms. The summed E-state index contributed by atoms with van der Waals surface area (Å²) in [6, 6.07) is 8.20. The van der Waals surface area contributed by atoms with Crippen molar-refractivity contribution in [1.82, 2.24) is 14.8 Å². The van der Waals surface area contributed by atoms with Gasteiger partial charge in [0, 0.05) is 18.7 Å². The van der Waals surface area contributed by atoms with Crippen LogP contribution in [0.4, 0.5) is 5.69 Å². The van der Waals surface area contributed by atoms with Crippen LogP contribution in [-0.2, 0) is 25.9 Å². The Morgan fingerprint density at radius 3 is 3.00 bits per heavy atom. The van der Waals surface area contributed by atoms with Crippen molar-refractivity contribution in [1.29, 1.82) is 0 Å². The lowest BCUT2D eigenvalue weighted by Crippen LogP contribution is -2.23. The van der Waals surface area contributed by atoms with Gasteiger partial charge in [-0.2, -0.15) is 0 Å². The number of aromatic nitrogens is 3. The summed E-state index contributed by atoms with van der Waals surface area (Å²) in [5, 5.41) is 11.7. The number of guanidine groups is 1. The molecule has 2 aromatic rings. The van der Waals surface area contributed by atoms with E-state index in [1.54, 1.807) is 0 Å². The molecule has 1 aromatic heterocycles. The van der Waals surface area contributed by atoms with Gasteiger partial charge in [-0.25, -0.2) is 4.99 Å². The highest BCUT2D eigenvalue weighted by Crippen LogP contribution is 2.15. The monoisotopic (exact) mass is 440 g/mol. The van der Waals surface area contributed by atoms with Crippen LogP contribution in [0.25, 0.3) is 0 Å². The standard InChI is InChI=1S/C17H24N6.HI/c1-2-13-7-6-8-14(11-13)20-17(18)19-12-16-22-21-15-9-4-3-5-10-23(15)16;/h6-8,11H,2-5,9-10,12H2,1H3,(H3,18,19,20);1H. The first-order valence-electron chi connectivity index (χ1n) is 8.33. The Hall–Kier alpha value is -1.64. The number of hydrogen-bond acceptors (Lipinski definition) is 3. The summed E-state index contributed by atoms with van der Waals surface area (Å²) in [7, 11) is 0. The average molecular weight is 440 g/mol. The second kappa shape index (κ2) is 9.00. The van der Waals surface area contributed by atoms with Crippen LogP contribution in [0.3, 0.4) is 0 Å². The van der Waals surface area contributed by atoms with Gasteiger partial charge in [-0.1, -0.05) is 25.5 Å². The van der Waals surface area contributed by atoms with Crippen molar-refractivity contribution in [3.8, 4) is 0 Å². The van der Waals surface area contributed by atoms with Gasteiger partial charge < -0.3 is 15.6 Å². The van der Waals surface area contributed by atoms with E-state index in [2.05, 4.69) is 44.1 Å². The summed E-state index contributed by atoms with van der Waals surface area (Å²) in [6.45, 7) is 3.58. The number of anilines is 1. The van der Waals surface area contributed by atoms with Crippen LogP contribution in [-0.4, -0.2) is 20.7 Å². The fraction of sp³-hybridized carbons (Fsp3) is 0.471. The molecular weight excluding hydrogens is 415 g/mol. The Morgan fingerprint density at radius 1 is 1.29 bits per heavy atom. The van der Waals surface area contributed by atoms with Crippen LogP contribution < -0.4 is 11.1 Å². The van der Waals surface area contributed by atoms with E-state index in [1.807, 2.05) is 12.1 Å².